The van der Waals surface area contributed by atoms with Crippen LogP contribution in [0.1, 0.15) is 65.2 Å². The molecule has 0 aromatic heterocycles. The molecule has 1 N–H and O–H groups in total. The van der Waals surface area contributed by atoms with Gasteiger partial charge in [-0.3, -0.25) is 4.79 Å². The minimum Gasteiger partial charge on any atom is -0.325 e. The number of nitrogens with one attached hydrogen (secondary N) is 1. The van der Waals surface area contributed by atoms with Crippen molar-refractivity contribution < 1.29 is 4.79 Å². The van der Waals surface area contributed by atoms with Gasteiger partial charge in [0.05, 0.1) is 5.69 Å². The smallest absolute Gasteiger partial charge is 0.230 e. The average Bonchev–Trinajstić information content (AvgIpc) is 2.55. The van der Waals surface area contributed by atoms with Gasteiger partial charge in [0.15, 0.2) is 0 Å². The summed E-state index contributed by atoms with van der Waals surface area (Å²) in [5.74, 6) is 0.857. The minimum absolute atomic E-state index is 0. The fourth-order valence-corrected chi connectivity index (χ4v) is 3.93. The van der Waals surface area contributed by atoms with Crippen LogP contribution in [-0.4, -0.2) is 5.91 Å². The van der Waals surface area contributed by atoms with E-state index in [0.717, 1.165) is 42.7 Å². The van der Waals surface area contributed by atoms with E-state index in [4.69, 9.17) is 0 Å². The Bertz CT molecular complexity index is 494. The molecule has 1 saturated carbocycles. The third kappa shape index (κ3) is 5.18. The molecule has 1 amide bonds. The molecule has 4 heteroatoms. The molecule has 1 aliphatic carbocycles. The molecule has 0 atom stereocenters. The normalized spacial score (nSPS) is 16.7. The molecule has 0 saturated heterocycles. The molecule has 1 aromatic rings. The summed E-state index contributed by atoms with van der Waals surface area (Å²) < 4.78 is 0. The summed E-state index contributed by atoms with van der Waals surface area (Å²) in [4.78, 5) is 13.9. The van der Waals surface area contributed by atoms with Gasteiger partial charge in [-0.05, 0) is 37.3 Å². The number of hydrogen-bond acceptors (Lipinski definition) is 2. The van der Waals surface area contributed by atoms with Crippen LogP contribution in [0, 0.1) is 11.3 Å². The molecule has 130 valence electrons. The number of rotatable bonds is 6. The first-order valence-electron chi connectivity index (χ1n) is 8.70. The molecule has 1 fully saturated rings. The lowest BCUT2D eigenvalue weighted by Gasteiger charge is -2.38. The van der Waals surface area contributed by atoms with E-state index in [1.807, 2.05) is 24.3 Å². The SMILES string of the molecule is CCC(CC)CC1(C(=O)Nc2ccccc2S)CCCCC1.S. The second-order valence-corrected chi connectivity index (χ2v) is 7.18. The van der Waals surface area contributed by atoms with Crippen LogP contribution in [0.25, 0.3) is 0 Å². The molecule has 1 aromatic carbocycles. The van der Waals surface area contributed by atoms with Crippen LogP contribution in [0.5, 0.6) is 0 Å². The third-order valence-corrected chi connectivity index (χ3v) is 5.67. The van der Waals surface area contributed by atoms with Crippen molar-refractivity contribution in [2.75, 3.05) is 5.32 Å². The lowest BCUT2D eigenvalue weighted by Crippen LogP contribution is -2.39. The number of carbonyl (C=O) groups excluding carboxylic acids is 1. The molecule has 0 heterocycles. The lowest BCUT2D eigenvalue weighted by atomic mass is 9.67. The summed E-state index contributed by atoms with van der Waals surface area (Å²) in [6, 6.07) is 7.75. The summed E-state index contributed by atoms with van der Waals surface area (Å²) in [5, 5.41) is 3.16. The van der Waals surface area contributed by atoms with Crippen LogP contribution in [0.3, 0.4) is 0 Å². The van der Waals surface area contributed by atoms with Crippen molar-refractivity contribution in [3.63, 3.8) is 0 Å². The molecule has 0 radical (unpaired) electrons. The highest BCUT2D eigenvalue weighted by Crippen LogP contribution is 2.44. The summed E-state index contributed by atoms with van der Waals surface area (Å²) in [7, 11) is 0. The standard InChI is InChI=1S/C19H29NOS.H2S/c1-3-15(4-2)14-19(12-8-5-9-13-19)18(21)20-16-10-6-7-11-17(16)22;/h6-7,10-11,15,22H,3-5,8-9,12-14H2,1-2H3,(H,20,21);1H2. The van der Waals surface area contributed by atoms with Gasteiger partial charge >= 0.3 is 0 Å². The van der Waals surface area contributed by atoms with Gasteiger partial charge in [-0.15, -0.1) is 12.6 Å². The molecule has 0 aliphatic heterocycles. The van der Waals surface area contributed by atoms with E-state index in [1.165, 1.54) is 19.3 Å². The number of para-hydroxylation sites is 1. The number of amides is 1. The van der Waals surface area contributed by atoms with Gasteiger partial charge in [0.25, 0.3) is 0 Å². The topological polar surface area (TPSA) is 29.1 Å². The monoisotopic (exact) mass is 353 g/mol. The van der Waals surface area contributed by atoms with Crippen LogP contribution in [0.15, 0.2) is 29.2 Å². The fraction of sp³-hybridized carbons (Fsp3) is 0.632. The summed E-state index contributed by atoms with van der Waals surface area (Å²) in [6.45, 7) is 4.48. The second kappa shape index (κ2) is 9.63. The van der Waals surface area contributed by atoms with E-state index in [2.05, 4.69) is 31.8 Å². The van der Waals surface area contributed by atoms with Crippen LogP contribution in [0.4, 0.5) is 5.69 Å². The van der Waals surface area contributed by atoms with Crippen molar-refractivity contribution in [1.29, 1.82) is 0 Å². The zero-order valence-electron chi connectivity index (χ0n) is 14.4. The second-order valence-electron chi connectivity index (χ2n) is 6.70. The predicted octanol–water partition coefficient (Wildman–Crippen LogP) is 5.80. The number of thiol groups is 1. The Labute approximate surface area is 153 Å². The molecule has 23 heavy (non-hydrogen) atoms. The molecule has 0 spiro atoms. The van der Waals surface area contributed by atoms with Gasteiger partial charge in [-0.2, -0.15) is 13.5 Å². The highest BCUT2D eigenvalue weighted by atomic mass is 32.1. The Hall–Kier alpha value is -0.610. The van der Waals surface area contributed by atoms with Gasteiger partial charge in [-0.1, -0.05) is 58.1 Å². The zero-order valence-corrected chi connectivity index (χ0v) is 16.3. The van der Waals surface area contributed by atoms with Crippen LogP contribution in [-0.2, 0) is 4.79 Å². The van der Waals surface area contributed by atoms with Gasteiger partial charge in [-0.25, -0.2) is 0 Å². The van der Waals surface area contributed by atoms with E-state index in [9.17, 15) is 4.79 Å². The van der Waals surface area contributed by atoms with Crippen LogP contribution in [0.2, 0.25) is 0 Å². The molecule has 0 unspecified atom stereocenters. The molecule has 1 aliphatic rings. The van der Waals surface area contributed by atoms with E-state index >= 15 is 0 Å². The van der Waals surface area contributed by atoms with Gasteiger partial charge in [0.2, 0.25) is 5.91 Å². The van der Waals surface area contributed by atoms with Crippen molar-refractivity contribution in [2.45, 2.75) is 70.1 Å². The number of hydrogen-bond donors (Lipinski definition) is 2. The number of benzene rings is 1. The van der Waals surface area contributed by atoms with E-state index in [0.29, 0.717) is 5.92 Å². The highest BCUT2D eigenvalue weighted by molar-refractivity contribution is 7.80. The van der Waals surface area contributed by atoms with Gasteiger partial charge < -0.3 is 5.32 Å². The fourth-order valence-electron chi connectivity index (χ4n) is 3.72. The number of anilines is 1. The number of carbonyl (C=O) groups is 1. The maximum absolute atomic E-state index is 13.1. The minimum atomic E-state index is -0.176. The van der Waals surface area contributed by atoms with Crippen LogP contribution >= 0.6 is 26.1 Å². The maximum Gasteiger partial charge on any atom is 0.230 e. The summed E-state index contributed by atoms with van der Waals surface area (Å²) >= 11 is 4.46. The Morgan fingerprint density at radius 2 is 1.78 bits per heavy atom. The first kappa shape index (κ1) is 20.4. The lowest BCUT2D eigenvalue weighted by molar-refractivity contribution is -0.128. The maximum atomic E-state index is 13.1. The summed E-state index contributed by atoms with van der Waals surface area (Å²) in [5.41, 5.74) is 0.663. The zero-order chi connectivity index (χ0) is 16.0. The average molecular weight is 354 g/mol. The van der Waals surface area contributed by atoms with E-state index in [-0.39, 0.29) is 24.8 Å². The van der Waals surface area contributed by atoms with Crippen molar-refractivity contribution in [2.24, 2.45) is 11.3 Å². The van der Waals surface area contributed by atoms with Crippen LogP contribution < -0.4 is 5.32 Å². The predicted molar refractivity (Wildman–Crippen MR) is 107 cm³/mol. The van der Waals surface area contributed by atoms with E-state index < -0.39 is 0 Å². The Morgan fingerprint density at radius 1 is 1.17 bits per heavy atom. The Kier molecular flexibility index (Phi) is 8.56. The van der Waals surface area contributed by atoms with Crippen molar-refractivity contribution in [1.82, 2.24) is 0 Å². The van der Waals surface area contributed by atoms with Crippen molar-refractivity contribution >= 4 is 37.7 Å². The first-order valence-corrected chi connectivity index (χ1v) is 9.15. The highest BCUT2D eigenvalue weighted by Gasteiger charge is 2.40. The molecule has 2 nitrogen and oxygen atoms in total. The quantitative estimate of drug-likeness (QED) is 0.621. The third-order valence-electron chi connectivity index (χ3n) is 5.28. The Morgan fingerprint density at radius 3 is 2.35 bits per heavy atom. The van der Waals surface area contributed by atoms with Crippen molar-refractivity contribution in [3.8, 4) is 0 Å². The summed E-state index contributed by atoms with van der Waals surface area (Å²) in [6.07, 6.45) is 9.03. The Balaban J connectivity index is 0.00000264. The van der Waals surface area contributed by atoms with Gasteiger partial charge in [0, 0.05) is 10.3 Å². The van der Waals surface area contributed by atoms with Crippen molar-refractivity contribution in [3.05, 3.63) is 24.3 Å². The molecular weight excluding hydrogens is 322 g/mol. The largest absolute Gasteiger partial charge is 0.325 e. The van der Waals surface area contributed by atoms with Gasteiger partial charge in [0.1, 0.15) is 0 Å². The van der Waals surface area contributed by atoms with E-state index in [1.54, 1.807) is 0 Å². The molecule has 0 bridgehead atoms. The first-order chi connectivity index (χ1) is 10.6. The molecule has 2 rings (SSSR count). The molecular formula is C19H31NOS2.